The zero-order valence-corrected chi connectivity index (χ0v) is 15.6. The molecule has 1 atom stereocenters. The third kappa shape index (κ3) is 3.02. The molecule has 2 saturated heterocycles. The summed E-state index contributed by atoms with van der Waals surface area (Å²) in [6.07, 6.45) is 1.55. The summed E-state index contributed by atoms with van der Waals surface area (Å²) in [7, 11) is -6.29. The molecule has 3 rings (SSSR count). The lowest BCUT2D eigenvalue weighted by atomic mass is 10.2. The number of sulfonamides is 2. The SMILES string of the molecule is COc1ccc(N2C(=O)[C@@H](C)CS2(=O)=O)cc1S(=O)(=O)N1CCCC1. The van der Waals surface area contributed by atoms with Crippen LogP contribution in [0.4, 0.5) is 5.69 Å². The van der Waals surface area contributed by atoms with Crippen LogP contribution in [-0.4, -0.2) is 53.0 Å². The highest BCUT2D eigenvalue weighted by atomic mass is 32.2. The molecule has 0 unspecified atom stereocenters. The molecular weight excluding hydrogens is 368 g/mol. The molecule has 0 spiro atoms. The fraction of sp³-hybridized carbons (Fsp3) is 0.533. The first-order chi connectivity index (χ1) is 11.7. The number of hydrogen-bond acceptors (Lipinski definition) is 6. The predicted octanol–water partition coefficient (Wildman–Crippen LogP) is 0.792. The molecule has 0 aliphatic carbocycles. The quantitative estimate of drug-likeness (QED) is 0.756. The summed E-state index contributed by atoms with van der Waals surface area (Å²) in [5.74, 6) is -1.39. The van der Waals surface area contributed by atoms with E-state index in [0.717, 1.165) is 12.8 Å². The minimum absolute atomic E-state index is 0.0212. The number of carbonyl (C=O) groups excluding carboxylic acids is 1. The molecule has 8 nitrogen and oxygen atoms in total. The van der Waals surface area contributed by atoms with E-state index in [-0.39, 0.29) is 22.1 Å². The molecule has 25 heavy (non-hydrogen) atoms. The van der Waals surface area contributed by atoms with Gasteiger partial charge in [0.25, 0.3) is 0 Å². The van der Waals surface area contributed by atoms with Crippen LogP contribution in [0.25, 0.3) is 0 Å². The normalized spacial score (nSPS) is 24.0. The molecule has 0 bridgehead atoms. The van der Waals surface area contributed by atoms with Crippen LogP contribution in [-0.2, 0) is 24.8 Å². The second-order valence-electron chi connectivity index (χ2n) is 6.23. The third-order valence-electron chi connectivity index (χ3n) is 4.43. The lowest BCUT2D eigenvalue weighted by Crippen LogP contribution is -2.31. The van der Waals surface area contributed by atoms with Gasteiger partial charge in [-0.15, -0.1) is 0 Å². The van der Waals surface area contributed by atoms with Gasteiger partial charge >= 0.3 is 0 Å². The lowest BCUT2D eigenvalue weighted by Gasteiger charge is -2.21. The Morgan fingerprint density at radius 3 is 2.36 bits per heavy atom. The maximum atomic E-state index is 12.9. The Kier molecular flexibility index (Phi) is 4.54. The van der Waals surface area contributed by atoms with Crippen LogP contribution in [0.5, 0.6) is 5.75 Å². The van der Waals surface area contributed by atoms with Crippen molar-refractivity contribution < 1.29 is 26.4 Å². The molecule has 2 aliphatic rings. The van der Waals surface area contributed by atoms with E-state index in [1.807, 2.05) is 0 Å². The van der Waals surface area contributed by atoms with Crippen LogP contribution in [0.15, 0.2) is 23.1 Å². The van der Waals surface area contributed by atoms with Gasteiger partial charge in [0.1, 0.15) is 10.6 Å². The molecule has 1 aromatic carbocycles. The number of rotatable bonds is 4. The number of benzene rings is 1. The first-order valence-electron chi connectivity index (χ1n) is 7.93. The molecule has 0 radical (unpaired) electrons. The van der Waals surface area contributed by atoms with Crippen LogP contribution in [0.2, 0.25) is 0 Å². The number of nitrogens with zero attached hydrogens (tertiary/aromatic N) is 2. The Hall–Kier alpha value is -1.65. The van der Waals surface area contributed by atoms with E-state index in [0.29, 0.717) is 17.4 Å². The van der Waals surface area contributed by atoms with E-state index in [4.69, 9.17) is 4.74 Å². The molecular formula is C15H20N2O6S2. The molecule has 1 amide bonds. The number of amides is 1. The Balaban J connectivity index is 2.12. The number of methoxy groups -OCH3 is 1. The van der Waals surface area contributed by atoms with Crippen molar-refractivity contribution in [3.05, 3.63) is 18.2 Å². The monoisotopic (exact) mass is 388 g/mol. The highest BCUT2D eigenvalue weighted by Gasteiger charge is 2.42. The second kappa shape index (κ2) is 6.26. The number of ether oxygens (including phenoxy) is 1. The summed E-state index contributed by atoms with van der Waals surface area (Å²) in [4.78, 5) is 12.1. The zero-order valence-electron chi connectivity index (χ0n) is 14.0. The zero-order chi connectivity index (χ0) is 18.4. The van der Waals surface area contributed by atoms with Crippen LogP contribution in [0.1, 0.15) is 19.8 Å². The van der Waals surface area contributed by atoms with E-state index in [1.165, 1.54) is 36.5 Å². The Morgan fingerprint density at radius 2 is 1.84 bits per heavy atom. The molecule has 1 aromatic rings. The minimum atomic E-state index is -3.83. The van der Waals surface area contributed by atoms with Gasteiger partial charge in [0.2, 0.25) is 26.0 Å². The fourth-order valence-electron chi connectivity index (χ4n) is 3.15. The van der Waals surface area contributed by atoms with Crippen molar-refractivity contribution >= 4 is 31.6 Å². The van der Waals surface area contributed by atoms with Gasteiger partial charge in [-0.25, -0.2) is 21.1 Å². The average Bonchev–Trinajstić information content (AvgIpc) is 3.15. The summed E-state index contributed by atoms with van der Waals surface area (Å²) in [5, 5.41) is 0. The molecule has 0 aromatic heterocycles. The first-order valence-corrected chi connectivity index (χ1v) is 11.0. The molecule has 2 aliphatic heterocycles. The average molecular weight is 388 g/mol. The highest BCUT2D eigenvalue weighted by Crippen LogP contribution is 2.35. The topological polar surface area (TPSA) is 101 Å². The number of carbonyl (C=O) groups is 1. The van der Waals surface area contributed by atoms with E-state index >= 15 is 0 Å². The van der Waals surface area contributed by atoms with E-state index < -0.39 is 31.9 Å². The van der Waals surface area contributed by atoms with Crippen molar-refractivity contribution in [1.82, 2.24) is 4.31 Å². The van der Waals surface area contributed by atoms with Gasteiger partial charge in [-0.05, 0) is 31.0 Å². The largest absolute Gasteiger partial charge is 0.495 e. The Bertz CT molecular complexity index is 904. The van der Waals surface area contributed by atoms with Crippen LogP contribution in [0, 0.1) is 5.92 Å². The van der Waals surface area contributed by atoms with Gasteiger partial charge in [-0.2, -0.15) is 4.31 Å². The van der Waals surface area contributed by atoms with Crippen molar-refractivity contribution in [2.45, 2.75) is 24.7 Å². The molecule has 0 N–H and O–H groups in total. The van der Waals surface area contributed by atoms with Crippen molar-refractivity contribution in [1.29, 1.82) is 0 Å². The van der Waals surface area contributed by atoms with Crippen LogP contribution >= 0.6 is 0 Å². The molecule has 10 heteroatoms. The second-order valence-corrected chi connectivity index (χ2v) is 10.00. The van der Waals surface area contributed by atoms with E-state index in [2.05, 4.69) is 0 Å². The molecule has 0 saturated carbocycles. The lowest BCUT2D eigenvalue weighted by molar-refractivity contribution is -0.119. The Morgan fingerprint density at radius 1 is 1.20 bits per heavy atom. The van der Waals surface area contributed by atoms with Crippen LogP contribution in [0.3, 0.4) is 0 Å². The van der Waals surface area contributed by atoms with Gasteiger partial charge in [0.05, 0.1) is 24.5 Å². The van der Waals surface area contributed by atoms with Gasteiger partial charge in [0.15, 0.2) is 0 Å². The first kappa shape index (κ1) is 18.2. The maximum absolute atomic E-state index is 12.9. The highest BCUT2D eigenvalue weighted by molar-refractivity contribution is 7.94. The smallest absolute Gasteiger partial charge is 0.246 e. The predicted molar refractivity (Wildman–Crippen MR) is 91.4 cm³/mol. The van der Waals surface area contributed by atoms with E-state index in [1.54, 1.807) is 0 Å². The summed E-state index contributed by atoms with van der Waals surface area (Å²) >= 11 is 0. The number of hydrogen-bond donors (Lipinski definition) is 0. The van der Waals surface area contributed by atoms with Gasteiger partial charge in [0, 0.05) is 13.1 Å². The van der Waals surface area contributed by atoms with Crippen molar-refractivity contribution in [2.75, 3.05) is 30.3 Å². The number of anilines is 1. The fourth-order valence-corrected chi connectivity index (χ4v) is 6.65. The summed E-state index contributed by atoms with van der Waals surface area (Å²) in [5.41, 5.74) is 0.0212. The Labute approximate surface area is 147 Å². The van der Waals surface area contributed by atoms with Gasteiger partial charge < -0.3 is 4.74 Å². The van der Waals surface area contributed by atoms with Crippen molar-refractivity contribution in [3.8, 4) is 5.75 Å². The third-order valence-corrected chi connectivity index (χ3v) is 8.21. The molecule has 138 valence electrons. The summed E-state index contributed by atoms with van der Waals surface area (Å²) < 4.78 is 57.5. The maximum Gasteiger partial charge on any atom is 0.246 e. The molecule has 2 fully saturated rings. The minimum Gasteiger partial charge on any atom is -0.495 e. The summed E-state index contributed by atoms with van der Waals surface area (Å²) in [6, 6.07) is 3.97. The van der Waals surface area contributed by atoms with Crippen molar-refractivity contribution in [2.24, 2.45) is 5.92 Å². The molecule has 2 heterocycles. The van der Waals surface area contributed by atoms with Crippen molar-refractivity contribution in [3.63, 3.8) is 0 Å². The van der Waals surface area contributed by atoms with Gasteiger partial charge in [-0.1, -0.05) is 6.92 Å². The van der Waals surface area contributed by atoms with Crippen LogP contribution < -0.4 is 9.04 Å². The standard InChI is InChI=1S/C15H20N2O6S2/c1-11-10-24(19,20)17(15(11)18)12-5-6-13(23-2)14(9-12)25(21,22)16-7-3-4-8-16/h5-6,9,11H,3-4,7-8,10H2,1-2H3/t11-/m0/s1. The summed E-state index contributed by atoms with van der Waals surface area (Å²) in [6.45, 7) is 2.35. The van der Waals surface area contributed by atoms with Gasteiger partial charge in [-0.3, -0.25) is 4.79 Å². The van der Waals surface area contributed by atoms with E-state index in [9.17, 15) is 21.6 Å².